The summed E-state index contributed by atoms with van der Waals surface area (Å²) in [6.45, 7) is 0.611. The van der Waals surface area contributed by atoms with Gasteiger partial charge in [-0.05, 0) is 12.1 Å². The second-order valence-corrected chi connectivity index (χ2v) is 1.90. The van der Waals surface area contributed by atoms with Crippen LogP contribution in [0, 0.1) is 0 Å². The number of benzene rings is 1. The summed E-state index contributed by atoms with van der Waals surface area (Å²) in [5.41, 5.74) is 0. The summed E-state index contributed by atoms with van der Waals surface area (Å²) in [7, 11) is 0. The summed E-state index contributed by atoms with van der Waals surface area (Å²) in [6, 6.07) is 6.19. The van der Waals surface area contributed by atoms with Crippen molar-refractivity contribution in [1.29, 1.82) is 0 Å². The van der Waals surface area contributed by atoms with Crippen molar-refractivity contribution in [2.24, 2.45) is 0 Å². The molecule has 0 unspecified atom stereocenters. The first-order valence-corrected chi connectivity index (χ1v) is 3.17. The Bertz CT molecular complexity index is 257. The van der Waals surface area contributed by atoms with Crippen LogP contribution >= 0.6 is 0 Å². The van der Waals surface area contributed by atoms with Crippen molar-refractivity contribution in [2.45, 2.75) is 7.43 Å². The molecule has 1 aromatic rings. The Morgan fingerprint density at radius 2 is 1.46 bits per heavy atom. The van der Waals surface area contributed by atoms with Crippen LogP contribution in [0.15, 0.2) is 24.3 Å². The standard InChI is InChI=1S/C8H6O4.CH4/c9-5-11-7-2-1-3-8(4-7)12-6-10;/h1-6H;1H4. The molecule has 0 heterocycles. The smallest absolute Gasteiger partial charge is 0.298 e. The molecule has 13 heavy (non-hydrogen) atoms. The largest absolute Gasteiger partial charge is 0.429 e. The van der Waals surface area contributed by atoms with Crippen LogP contribution in [0.1, 0.15) is 7.43 Å². The summed E-state index contributed by atoms with van der Waals surface area (Å²) in [5, 5.41) is 0. The number of ether oxygens (including phenoxy) is 2. The third-order valence-corrected chi connectivity index (χ3v) is 1.17. The Balaban J connectivity index is 0.00000144. The minimum atomic E-state index is 0. The molecule has 1 rings (SSSR count). The van der Waals surface area contributed by atoms with Gasteiger partial charge in [-0.15, -0.1) is 0 Å². The molecule has 0 aliphatic heterocycles. The second kappa shape index (κ2) is 5.77. The Morgan fingerprint density at radius 1 is 1.00 bits per heavy atom. The Labute approximate surface area is 76.1 Å². The van der Waals surface area contributed by atoms with Gasteiger partial charge in [0.1, 0.15) is 11.5 Å². The molecule has 0 spiro atoms. The van der Waals surface area contributed by atoms with E-state index in [4.69, 9.17) is 0 Å². The maximum atomic E-state index is 9.91. The second-order valence-electron chi connectivity index (χ2n) is 1.90. The summed E-state index contributed by atoms with van der Waals surface area (Å²) in [4.78, 5) is 19.8. The van der Waals surface area contributed by atoms with Crippen molar-refractivity contribution >= 4 is 12.9 Å². The van der Waals surface area contributed by atoms with Crippen molar-refractivity contribution in [1.82, 2.24) is 0 Å². The van der Waals surface area contributed by atoms with Crippen LogP contribution in [-0.4, -0.2) is 12.9 Å². The highest BCUT2D eigenvalue weighted by Gasteiger charge is 1.95. The fraction of sp³-hybridized carbons (Fsp3) is 0.111. The molecule has 0 bridgehead atoms. The molecule has 4 heteroatoms. The van der Waals surface area contributed by atoms with E-state index in [-0.39, 0.29) is 7.43 Å². The molecule has 4 nitrogen and oxygen atoms in total. The molecule has 0 N–H and O–H groups in total. The zero-order valence-electron chi connectivity index (χ0n) is 6.10. The van der Waals surface area contributed by atoms with Gasteiger partial charge in [-0.1, -0.05) is 13.5 Å². The molecule has 70 valence electrons. The fourth-order valence-corrected chi connectivity index (χ4v) is 0.732. The molecule has 0 atom stereocenters. The molecule has 0 radical (unpaired) electrons. The lowest BCUT2D eigenvalue weighted by Crippen LogP contribution is -1.91. The highest BCUT2D eigenvalue weighted by atomic mass is 16.5. The van der Waals surface area contributed by atoms with E-state index in [0.29, 0.717) is 24.4 Å². The predicted molar refractivity (Wildman–Crippen MR) is 46.6 cm³/mol. The van der Waals surface area contributed by atoms with E-state index < -0.39 is 0 Å². The monoisotopic (exact) mass is 182 g/mol. The number of hydrogen-bond acceptors (Lipinski definition) is 4. The van der Waals surface area contributed by atoms with E-state index in [1.54, 1.807) is 18.2 Å². The highest BCUT2D eigenvalue weighted by molar-refractivity contribution is 5.50. The Hall–Kier alpha value is -1.84. The van der Waals surface area contributed by atoms with Gasteiger partial charge >= 0.3 is 0 Å². The maximum absolute atomic E-state index is 9.91. The average molecular weight is 182 g/mol. The van der Waals surface area contributed by atoms with Crippen LogP contribution < -0.4 is 9.47 Å². The van der Waals surface area contributed by atoms with E-state index in [9.17, 15) is 9.59 Å². The molecule has 0 saturated heterocycles. The van der Waals surface area contributed by atoms with Gasteiger partial charge in [-0.2, -0.15) is 0 Å². The van der Waals surface area contributed by atoms with Crippen LogP contribution in [0.25, 0.3) is 0 Å². The van der Waals surface area contributed by atoms with Gasteiger partial charge in [0.25, 0.3) is 12.9 Å². The topological polar surface area (TPSA) is 52.6 Å². The third kappa shape index (κ3) is 3.37. The van der Waals surface area contributed by atoms with E-state index in [2.05, 4.69) is 9.47 Å². The molecule has 0 amide bonds. The van der Waals surface area contributed by atoms with Crippen molar-refractivity contribution in [3.8, 4) is 11.5 Å². The van der Waals surface area contributed by atoms with E-state index in [1.807, 2.05) is 0 Å². The van der Waals surface area contributed by atoms with Gasteiger partial charge in [0.2, 0.25) is 0 Å². The van der Waals surface area contributed by atoms with Gasteiger partial charge in [-0.3, -0.25) is 9.59 Å². The van der Waals surface area contributed by atoms with Crippen LogP contribution in [0.5, 0.6) is 11.5 Å². The van der Waals surface area contributed by atoms with Crippen LogP contribution in [0.4, 0.5) is 0 Å². The molecule has 0 aliphatic rings. The molecule has 0 saturated carbocycles. The van der Waals surface area contributed by atoms with Crippen LogP contribution in [-0.2, 0) is 9.59 Å². The zero-order chi connectivity index (χ0) is 8.81. The molecular weight excluding hydrogens is 172 g/mol. The third-order valence-electron chi connectivity index (χ3n) is 1.17. The van der Waals surface area contributed by atoms with Gasteiger partial charge in [0.15, 0.2) is 0 Å². The summed E-state index contributed by atoms with van der Waals surface area (Å²) in [5.74, 6) is 0.675. The first kappa shape index (κ1) is 11.2. The first-order valence-electron chi connectivity index (χ1n) is 3.17. The van der Waals surface area contributed by atoms with E-state index in [0.717, 1.165) is 0 Å². The van der Waals surface area contributed by atoms with E-state index >= 15 is 0 Å². The zero-order valence-corrected chi connectivity index (χ0v) is 6.10. The van der Waals surface area contributed by atoms with Crippen molar-refractivity contribution in [2.75, 3.05) is 0 Å². The average Bonchev–Trinajstić information content (AvgIpc) is 2.06. The fourth-order valence-electron chi connectivity index (χ4n) is 0.732. The predicted octanol–water partition coefficient (Wildman–Crippen LogP) is 1.39. The van der Waals surface area contributed by atoms with Gasteiger partial charge < -0.3 is 9.47 Å². The Morgan fingerprint density at radius 3 is 1.85 bits per heavy atom. The van der Waals surface area contributed by atoms with Crippen molar-refractivity contribution in [3.63, 3.8) is 0 Å². The van der Waals surface area contributed by atoms with Gasteiger partial charge in [-0.25, -0.2) is 0 Å². The van der Waals surface area contributed by atoms with Gasteiger partial charge in [0.05, 0.1) is 0 Å². The number of carbonyl (C=O) groups is 2. The van der Waals surface area contributed by atoms with E-state index in [1.165, 1.54) is 6.07 Å². The minimum absolute atomic E-state index is 0. The molecule has 0 fully saturated rings. The summed E-state index contributed by atoms with van der Waals surface area (Å²) in [6.07, 6.45) is 0. The summed E-state index contributed by atoms with van der Waals surface area (Å²) >= 11 is 0. The minimum Gasteiger partial charge on any atom is -0.429 e. The molecule has 1 aromatic carbocycles. The van der Waals surface area contributed by atoms with Crippen molar-refractivity contribution in [3.05, 3.63) is 24.3 Å². The SMILES string of the molecule is C.O=COc1cccc(OC=O)c1. The van der Waals surface area contributed by atoms with Gasteiger partial charge in [0, 0.05) is 6.07 Å². The molecule has 0 aromatic heterocycles. The van der Waals surface area contributed by atoms with Crippen LogP contribution in [0.3, 0.4) is 0 Å². The van der Waals surface area contributed by atoms with Crippen molar-refractivity contribution < 1.29 is 19.1 Å². The maximum Gasteiger partial charge on any atom is 0.298 e. The lowest BCUT2D eigenvalue weighted by Gasteiger charge is -1.99. The normalized spacial score (nSPS) is 8.00. The lowest BCUT2D eigenvalue weighted by molar-refractivity contribution is -0.121. The quantitative estimate of drug-likeness (QED) is 0.660. The first-order chi connectivity index (χ1) is 5.86. The molecular formula is C9H10O4. The molecule has 0 aliphatic carbocycles. The Kier molecular flexibility index (Phi) is 4.95. The van der Waals surface area contributed by atoms with Crippen LogP contribution in [0.2, 0.25) is 0 Å². The number of hydrogen-bond donors (Lipinski definition) is 0. The highest BCUT2D eigenvalue weighted by Crippen LogP contribution is 2.17. The lowest BCUT2D eigenvalue weighted by atomic mass is 10.3. The summed E-state index contributed by atoms with van der Waals surface area (Å²) < 4.78 is 9.03. The number of carbonyl (C=O) groups excluding carboxylic acids is 2. The number of rotatable bonds is 4.